The van der Waals surface area contributed by atoms with E-state index in [9.17, 15) is 15.0 Å². The fraction of sp³-hybridized carbons (Fsp3) is 0.556. The topological polar surface area (TPSA) is 146 Å². The SMILES string of the molecule is O=c1[nH]cnc2c1nnn2[C@H]1O[C@@H](CO)[C@@H](O)[C@@H]1O. The van der Waals surface area contributed by atoms with Crippen LogP contribution in [0.2, 0.25) is 0 Å². The zero-order chi connectivity index (χ0) is 13.6. The fourth-order valence-corrected chi connectivity index (χ4v) is 2.03. The Bertz CT molecular complexity index is 654. The molecule has 1 saturated heterocycles. The normalized spacial score (nSPS) is 31.1. The Morgan fingerprint density at radius 1 is 1.42 bits per heavy atom. The van der Waals surface area contributed by atoms with Crippen molar-refractivity contribution >= 4 is 11.2 Å². The van der Waals surface area contributed by atoms with Crippen molar-refractivity contribution in [3.63, 3.8) is 0 Å². The lowest BCUT2D eigenvalue weighted by atomic mass is 10.1. The van der Waals surface area contributed by atoms with E-state index >= 15 is 0 Å². The average Bonchev–Trinajstić information content (AvgIpc) is 2.94. The highest BCUT2D eigenvalue weighted by Gasteiger charge is 2.44. The first kappa shape index (κ1) is 12.2. The number of aliphatic hydroxyl groups is 3. The van der Waals surface area contributed by atoms with Crippen LogP contribution in [-0.4, -0.2) is 65.2 Å². The van der Waals surface area contributed by atoms with Crippen LogP contribution in [0.25, 0.3) is 11.2 Å². The molecular formula is C9H11N5O5. The summed E-state index contributed by atoms with van der Waals surface area (Å²) in [7, 11) is 0. The van der Waals surface area contributed by atoms with Gasteiger partial charge in [-0.1, -0.05) is 5.21 Å². The van der Waals surface area contributed by atoms with Crippen LogP contribution in [0.15, 0.2) is 11.1 Å². The van der Waals surface area contributed by atoms with Crippen molar-refractivity contribution in [3.8, 4) is 0 Å². The molecule has 0 aliphatic carbocycles. The zero-order valence-electron chi connectivity index (χ0n) is 9.54. The molecule has 10 heteroatoms. The van der Waals surface area contributed by atoms with E-state index in [0.717, 1.165) is 4.68 Å². The number of hydrogen-bond acceptors (Lipinski definition) is 8. The Kier molecular flexibility index (Phi) is 2.78. The maximum absolute atomic E-state index is 11.5. The van der Waals surface area contributed by atoms with Crippen molar-refractivity contribution in [3.05, 3.63) is 16.7 Å². The minimum atomic E-state index is -1.30. The Hall–Kier alpha value is -1.88. The molecule has 0 aromatic carbocycles. The average molecular weight is 269 g/mol. The van der Waals surface area contributed by atoms with Crippen molar-refractivity contribution in [2.75, 3.05) is 6.61 Å². The van der Waals surface area contributed by atoms with Crippen molar-refractivity contribution < 1.29 is 20.1 Å². The molecule has 0 radical (unpaired) electrons. The summed E-state index contributed by atoms with van der Waals surface area (Å²) >= 11 is 0. The van der Waals surface area contributed by atoms with Crippen LogP contribution in [0.1, 0.15) is 6.23 Å². The highest BCUT2D eigenvalue weighted by Crippen LogP contribution is 2.29. The predicted octanol–water partition coefficient (Wildman–Crippen LogP) is -2.87. The largest absolute Gasteiger partial charge is 0.394 e. The van der Waals surface area contributed by atoms with Crippen molar-refractivity contribution in [2.45, 2.75) is 24.5 Å². The summed E-state index contributed by atoms with van der Waals surface area (Å²) in [6.07, 6.45) is -3.38. The molecule has 2 aromatic heterocycles. The van der Waals surface area contributed by atoms with E-state index in [-0.39, 0.29) is 11.2 Å². The van der Waals surface area contributed by atoms with Crippen LogP contribution < -0.4 is 5.56 Å². The summed E-state index contributed by atoms with van der Waals surface area (Å²) in [6.45, 7) is -0.449. The number of fused-ring (bicyclic) bond motifs is 1. The highest BCUT2D eigenvalue weighted by molar-refractivity contribution is 5.67. The molecule has 10 nitrogen and oxygen atoms in total. The molecule has 0 spiro atoms. The Labute approximate surface area is 105 Å². The summed E-state index contributed by atoms with van der Waals surface area (Å²) in [5.74, 6) is 0. The van der Waals surface area contributed by atoms with E-state index in [1.807, 2.05) is 0 Å². The summed E-state index contributed by atoms with van der Waals surface area (Å²) in [5, 5.41) is 35.9. The monoisotopic (exact) mass is 269 g/mol. The number of hydrogen-bond donors (Lipinski definition) is 4. The number of nitrogens with one attached hydrogen (secondary N) is 1. The van der Waals surface area contributed by atoms with Gasteiger partial charge < -0.3 is 25.0 Å². The number of aromatic nitrogens is 5. The van der Waals surface area contributed by atoms with Crippen molar-refractivity contribution in [2.24, 2.45) is 0 Å². The van der Waals surface area contributed by atoms with Crippen LogP contribution in [0, 0.1) is 0 Å². The second-order valence-corrected chi connectivity index (χ2v) is 4.17. The first-order valence-corrected chi connectivity index (χ1v) is 5.54. The van der Waals surface area contributed by atoms with Gasteiger partial charge in [-0.25, -0.2) is 4.98 Å². The number of nitrogens with zero attached hydrogens (tertiary/aromatic N) is 4. The minimum absolute atomic E-state index is 0.000221. The fourth-order valence-electron chi connectivity index (χ4n) is 2.03. The Morgan fingerprint density at radius 2 is 2.21 bits per heavy atom. The first-order valence-electron chi connectivity index (χ1n) is 5.54. The van der Waals surface area contributed by atoms with Crippen LogP contribution in [0.4, 0.5) is 0 Å². The molecule has 1 aliphatic rings. The van der Waals surface area contributed by atoms with Gasteiger partial charge in [0.05, 0.1) is 12.9 Å². The first-order chi connectivity index (χ1) is 9.13. The molecule has 0 bridgehead atoms. The lowest BCUT2D eigenvalue weighted by Gasteiger charge is -2.14. The third kappa shape index (κ3) is 1.73. The van der Waals surface area contributed by atoms with E-state index in [1.165, 1.54) is 6.33 Å². The van der Waals surface area contributed by atoms with E-state index in [4.69, 9.17) is 9.84 Å². The Morgan fingerprint density at radius 3 is 2.89 bits per heavy atom. The van der Waals surface area contributed by atoms with Crippen LogP contribution in [-0.2, 0) is 4.74 Å². The molecule has 0 amide bonds. The van der Waals surface area contributed by atoms with Gasteiger partial charge in [0.2, 0.25) is 0 Å². The Balaban J connectivity index is 2.06. The quantitative estimate of drug-likeness (QED) is 0.455. The second kappa shape index (κ2) is 4.35. The molecule has 19 heavy (non-hydrogen) atoms. The standard InChI is InChI=1S/C9H11N5O5/c15-1-3-5(16)6(17)9(19-3)14-7-4(12-13-14)8(18)11-2-10-7/h2-3,5-6,9,15-17H,1H2,(H,10,11,18)/t3-,5+,6-,9-/m0/s1. The summed E-state index contributed by atoms with van der Waals surface area (Å²) in [6, 6.07) is 0. The summed E-state index contributed by atoms with van der Waals surface area (Å²) in [4.78, 5) is 17.7. The van der Waals surface area contributed by atoms with E-state index < -0.39 is 36.7 Å². The van der Waals surface area contributed by atoms with Gasteiger partial charge in [-0.15, -0.1) is 5.10 Å². The zero-order valence-corrected chi connectivity index (χ0v) is 9.54. The van der Waals surface area contributed by atoms with Gasteiger partial charge >= 0.3 is 0 Å². The summed E-state index contributed by atoms with van der Waals surface area (Å²) < 4.78 is 6.39. The highest BCUT2D eigenvalue weighted by atomic mass is 16.6. The van der Waals surface area contributed by atoms with Gasteiger partial charge in [-0.05, 0) is 0 Å². The van der Waals surface area contributed by atoms with Crippen LogP contribution in [0.5, 0.6) is 0 Å². The van der Waals surface area contributed by atoms with Crippen molar-refractivity contribution in [1.29, 1.82) is 0 Å². The van der Waals surface area contributed by atoms with Gasteiger partial charge in [0.1, 0.15) is 18.3 Å². The number of H-pyrrole nitrogens is 1. The molecule has 0 unspecified atom stereocenters. The molecule has 1 aliphatic heterocycles. The minimum Gasteiger partial charge on any atom is -0.394 e. The van der Waals surface area contributed by atoms with E-state index in [0.29, 0.717) is 0 Å². The number of aliphatic hydroxyl groups excluding tert-OH is 3. The van der Waals surface area contributed by atoms with Gasteiger partial charge in [-0.3, -0.25) is 4.79 Å². The number of ether oxygens (including phenoxy) is 1. The van der Waals surface area contributed by atoms with Gasteiger partial charge in [0.25, 0.3) is 5.56 Å². The second-order valence-electron chi connectivity index (χ2n) is 4.17. The summed E-state index contributed by atoms with van der Waals surface area (Å²) in [5.41, 5.74) is -0.346. The molecule has 3 heterocycles. The number of aromatic amines is 1. The van der Waals surface area contributed by atoms with Gasteiger partial charge in [-0.2, -0.15) is 4.68 Å². The van der Waals surface area contributed by atoms with Crippen molar-refractivity contribution in [1.82, 2.24) is 25.0 Å². The predicted molar refractivity (Wildman–Crippen MR) is 59.0 cm³/mol. The van der Waals surface area contributed by atoms with E-state index in [2.05, 4.69) is 20.3 Å². The number of rotatable bonds is 2. The van der Waals surface area contributed by atoms with E-state index in [1.54, 1.807) is 0 Å². The molecule has 2 aromatic rings. The third-order valence-corrected chi connectivity index (χ3v) is 3.03. The molecule has 102 valence electrons. The van der Waals surface area contributed by atoms with Crippen LogP contribution in [0.3, 0.4) is 0 Å². The van der Waals surface area contributed by atoms with Crippen LogP contribution >= 0.6 is 0 Å². The lowest BCUT2D eigenvalue weighted by Crippen LogP contribution is -2.33. The van der Waals surface area contributed by atoms with Gasteiger partial charge in [0.15, 0.2) is 17.4 Å². The molecular weight excluding hydrogens is 258 g/mol. The van der Waals surface area contributed by atoms with Gasteiger partial charge in [0, 0.05) is 0 Å². The molecule has 3 rings (SSSR count). The lowest BCUT2D eigenvalue weighted by molar-refractivity contribution is -0.0574. The maximum Gasteiger partial charge on any atom is 0.280 e. The molecule has 1 fully saturated rings. The molecule has 0 saturated carbocycles. The smallest absolute Gasteiger partial charge is 0.280 e. The third-order valence-electron chi connectivity index (χ3n) is 3.03. The molecule has 4 atom stereocenters. The maximum atomic E-state index is 11.5. The molecule has 4 N–H and O–H groups in total.